The van der Waals surface area contributed by atoms with E-state index >= 15 is 0 Å². The maximum atomic E-state index is 13.9. The molecule has 38 heavy (non-hydrogen) atoms. The van der Waals surface area contributed by atoms with Crippen molar-refractivity contribution in [2.24, 2.45) is 0 Å². The highest BCUT2D eigenvalue weighted by molar-refractivity contribution is 7.92. The van der Waals surface area contributed by atoms with Crippen molar-refractivity contribution >= 4 is 50.7 Å². The quantitative estimate of drug-likeness (QED) is 0.351. The van der Waals surface area contributed by atoms with E-state index in [0.717, 1.165) is 16.1 Å². The molecule has 3 aromatic carbocycles. The molecule has 0 saturated heterocycles. The first kappa shape index (κ1) is 29.5. The molecule has 202 valence electrons. The molecular formula is C28H31Cl2N3O4S. The highest BCUT2D eigenvalue weighted by Crippen LogP contribution is 2.25. The van der Waals surface area contributed by atoms with Crippen LogP contribution in [-0.2, 0) is 32.6 Å². The fourth-order valence-electron chi connectivity index (χ4n) is 3.98. The first-order chi connectivity index (χ1) is 18.0. The van der Waals surface area contributed by atoms with Gasteiger partial charge in [-0.15, -0.1) is 0 Å². The van der Waals surface area contributed by atoms with Crippen LogP contribution in [0.3, 0.4) is 0 Å². The van der Waals surface area contributed by atoms with Gasteiger partial charge in [0.2, 0.25) is 21.8 Å². The third-order valence-corrected chi connectivity index (χ3v) is 7.64. The zero-order chi connectivity index (χ0) is 27.9. The van der Waals surface area contributed by atoms with Gasteiger partial charge in [0.1, 0.15) is 12.6 Å². The highest BCUT2D eigenvalue weighted by Gasteiger charge is 2.33. The number of anilines is 1. The SMILES string of the molecule is CC(C)NC(=O)C(Cc1ccccc1)N(Cc1ccc(Cl)c(Cl)c1)C(=O)CN(c1ccccc1)S(C)(=O)=O. The van der Waals surface area contributed by atoms with E-state index in [1.165, 1.54) is 4.90 Å². The Hall–Kier alpha value is -3.07. The number of nitrogens with zero attached hydrogens (tertiary/aromatic N) is 2. The molecule has 0 aliphatic heterocycles. The van der Waals surface area contributed by atoms with Crippen LogP contribution in [0.4, 0.5) is 5.69 Å². The van der Waals surface area contributed by atoms with Crippen LogP contribution in [0.25, 0.3) is 0 Å². The number of hydrogen-bond donors (Lipinski definition) is 1. The Bertz CT molecular complexity index is 1350. The molecule has 0 fully saturated rings. The topological polar surface area (TPSA) is 86.8 Å². The molecule has 1 atom stereocenters. The van der Waals surface area contributed by atoms with Crippen LogP contribution in [0.5, 0.6) is 0 Å². The number of para-hydroxylation sites is 1. The maximum absolute atomic E-state index is 13.9. The van der Waals surface area contributed by atoms with Crippen molar-refractivity contribution in [3.8, 4) is 0 Å². The standard InChI is InChI=1S/C28H31Cl2N3O4S/c1-20(2)31-28(35)26(17-21-10-6-4-7-11-21)32(18-22-14-15-24(29)25(30)16-22)27(34)19-33(38(3,36)37)23-12-8-5-9-13-23/h4-16,20,26H,17-19H2,1-3H3,(H,31,35). The lowest BCUT2D eigenvalue weighted by Crippen LogP contribution is -2.54. The molecule has 1 N–H and O–H groups in total. The Morgan fingerprint density at radius 2 is 1.47 bits per heavy atom. The summed E-state index contributed by atoms with van der Waals surface area (Å²) in [4.78, 5) is 28.8. The second kappa shape index (κ2) is 13.1. The number of carbonyl (C=O) groups excluding carboxylic acids is 2. The van der Waals surface area contributed by atoms with Crippen molar-refractivity contribution in [2.45, 2.75) is 38.9 Å². The number of benzene rings is 3. The van der Waals surface area contributed by atoms with Gasteiger partial charge in [0.15, 0.2) is 0 Å². The van der Waals surface area contributed by atoms with E-state index in [1.54, 1.807) is 48.5 Å². The van der Waals surface area contributed by atoms with Crippen LogP contribution in [0.2, 0.25) is 10.0 Å². The van der Waals surface area contributed by atoms with Crippen LogP contribution < -0.4 is 9.62 Å². The number of rotatable bonds is 11. The molecular weight excluding hydrogens is 545 g/mol. The molecule has 3 rings (SSSR count). The minimum absolute atomic E-state index is 0.0190. The van der Waals surface area contributed by atoms with Crippen molar-refractivity contribution in [3.05, 3.63) is 100 Å². The molecule has 0 bridgehead atoms. The summed E-state index contributed by atoms with van der Waals surface area (Å²) in [6.45, 7) is 3.21. The predicted octanol–water partition coefficient (Wildman–Crippen LogP) is 4.92. The summed E-state index contributed by atoms with van der Waals surface area (Å²) in [7, 11) is -3.81. The second-order valence-electron chi connectivity index (χ2n) is 9.24. The van der Waals surface area contributed by atoms with Gasteiger partial charge in [-0.25, -0.2) is 8.42 Å². The van der Waals surface area contributed by atoms with Crippen LogP contribution in [-0.4, -0.2) is 50.0 Å². The molecule has 0 aliphatic rings. The van der Waals surface area contributed by atoms with Gasteiger partial charge in [0.25, 0.3) is 0 Å². The molecule has 0 spiro atoms. The summed E-state index contributed by atoms with van der Waals surface area (Å²) in [6, 6.07) is 21.6. The molecule has 7 nitrogen and oxygen atoms in total. The first-order valence-electron chi connectivity index (χ1n) is 12.1. The minimum atomic E-state index is -3.81. The molecule has 3 aromatic rings. The van der Waals surface area contributed by atoms with Crippen molar-refractivity contribution in [1.29, 1.82) is 0 Å². The molecule has 2 amide bonds. The van der Waals surface area contributed by atoms with Crippen LogP contribution in [0.15, 0.2) is 78.9 Å². The van der Waals surface area contributed by atoms with Crippen LogP contribution in [0, 0.1) is 0 Å². The normalized spacial score (nSPS) is 12.2. The van der Waals surface area contributed by atoms with Gasteiger partial charge in [0.05, 0.1) is 22.0 Å². The fourth-order valence-corrected chi connectivity index (χ4v) is 5.15. The van der Waals surface area contributed by atoms with E-state index in [2.05, 4.69) is 5.32 Å². The maximum Gasteiger partial charge on any atom is 0.244 e. The molecule has 10 heteroatoms. The Morgan fingerprint density at radius 3 is 2.03 bits per heavy atom. The average Bonchev–Trinajstić information content (AvgIpc) is 2.86. The highest BCUT2D eigenvalue weighted by atomic mass is 35.5. The van der Waals surface area contributed by atoms with Crippen molar-refractivity contribution in [3.63, 3.8) is 0 Å². The van der Waals surface area contributed by atoms with E-state index in [0.29, 0.717) is 21.3 Å². The lowest BCUT2D eigenvalue weighted by molar-refractivity contribution is -0.140. The smallest absolute Gasteiger partial charge is 0.244 e. The van der Waals surface area contributed by atoms with Gasteiger partial charge >= 0.3 is 0 Å². The largest absolute Gasteiger partial charge is 0.352 e. The van der Waals surface area contributed by atoms with E-state index in [4.69, 9.17) is 23.2 Å². The Balaban J connectivity index is 2.06. The monoisotopic (exact) mass is 575 g/mol. The summed E-state index contributed by atoms with van der Waals surface area (Å²) < 4.78 is 26.5. The van der Waals surface area contributed by atoms with Gasteiger partial charge < -0.3 is 10.2 Å². The van der Waals surface area contributed by atoms with E-state index in [1.807, 2.05) is 44.2 Å². The summed E-state index contributed by atoms with van der Waals surface area (Å²) in [6.07, 6.45) is 1.28. The Labute approximate surface area is 234 Å². The summed E-state index contributed by atoms with van der Waals surface area (Å²) in [5.41, 5.74) is 1.85. The summed E-state index contributed by atoms with van der Waals surface area (Å²) in [5.74, 6) is -0.881. The van der Waals surface area contributed by atoms with Gasteiger partial charge in [-0.3, -0.25) is 13.9 Å². The molecule has 1 unspecified atom stereocenters. The van der Waals surface area contributed by atoms with Crippen LogP contribution in [0.1, 0.15) is 25.0 Å². The average molecular weight is 577 g/mol. The Kier molecular flexibility index (Phi) is 10.2. The van der Waals surface area contributed by atoms with E-state index in [9.17, 15) is 18.0 Å². The predicted molar refractivity (Wildman–Crippen MR) is 153 cm³/mol. The van der Waals surface area contributed by atoms with Gasteiger partial charge in [-0.1, -0.05) is 77.8 Å². The zero-order valence-electron chi connectivity index (χ0n) is 21.5. The lowest BCUT2D eigenvalue weighted by atomic mass is 10.0. The lowest BCUT2D eigenvalue weighted by Gasteiger charge is -2.34. The molecule has 0 saturated carbocycles. The number of nitrogens with one attached hydrogen (secondary N) is 1. The number of halogens is 2. The van der Waals surface area contributed by atoms with Crippen molar-refractivity contribution in [1.82, 2.24) is 10.2 Å². The van der Waals surface area contributed by atoms with E-state index in [-0.39, 0.29) is 24.9 Å². The number of hydrogen-bond acceptors (Lipinski definition) is 4. The van der Waals surface area contributed by atoms with Gasteiger partial charge in [-0.2, -0.15) is 0 Å². The van der Waals surface area contributed by atoms with Crippen molar-refractivity contribution in [2.75, 3.05) is 17.1 Å². The number of carbonyl (C=O) groups is 2. The van der Waals surface area contributed by atoms with Crippen molar-refractivity contribution < 1.29 is 18.0 Å². The first-order valence-corrected chi connectivity index (χ1v) is 14.7. The number of amides is 2. The summed E-state index contributed by atoms with van der Waals surface area (Å²) >= 11 is 12.3. The second-order valence-corrected chi connectivity index (χ2v) is 12.0. The van der Waals surface area contributed by atoms with Gasteiger partial charge in [0, 0.05) is 19.0 Å². The fraction of sp³-hybridized carbons (Fsp3) is 0.286. The Morgan fingerprint density at radius 1 is 0.868 bits per heavy atom. The van der Waals surface area contributed by atoms with Crippen LogP contribution >= 0.6 is 23.2 Å². The number of sulfonamides is 1. The molecule has 0 aliphatic carbocycles. The third-order valence-electron chi connectivity index (χ3n) is 5.76. The third kappa shape index (κ3) is 8.21. The van der Waals surface area contributed by atoms with Gasteiger partial charge in [-0.05, 0) is 49.2 Å². The minimum Gasteiger partial charge on any atom is -0.352 e. The summed E-state index contributed by atoms with van der Waals surface area (Å²) in [5, 5.41) is 3.58. The molecule has 0 radical (unpaired) electrons. The molecule has 0 heterocycles. The zero-order valence-corrected chi connectivity index (χ0v) is 23.8. The molecule has 0 aromatic heterocycles. The van der Waals surface area contributed by atoms with E-state index < -0.39 is 28.5 Å².